The van der Waals surface area contributed by atoms with Gasteiger partial charge in [0.15, 0.2) is 0 Å². The number of benzene rings is 2. The van der Waals surface area contributed by atoms with Crippen LogP contribution in [0.1, 0.15) is 15.9 Å². The number of fused-ring (bicyclic) bond motifs is 1. The first kappa shape index (κ1) is 15.9. The highest BCUT2D eigenvalue weighted by molar-refractivity contribution is 5.94. The van der Waals surface area contributed by atoms with Crippen molar-refractivity contribution in [1.29, 1.82) is 0 Å². The van der Waals surface area contributed by atoms with Crippen molar-refractivity contribution in [3.8, 4) is 11.5 Å². The predicted molar refractivity (Wildman–Crippen MR) is 88.7 cm³/mol. The van der Waals surface area contributed by atoms with Crippen LogP contribution in [0.5, 0.6) is 11.5 Å². The number of anilines is 1. The fourth-order valence-corrected chi connectivity index (χ4v) is 2.88. The van der Waals surface area contributed by atoms with Gasteiger partial charge in [-0.25, -0.2) is 4.84 Å². The van der Waals surface area contributed by atoms with Crippen molar-refractivity contribution in [3.05, 3.63) is 53.6 Å². The minimum atomic E-state index is 0.00701. The molecule has 25 heavy (non-hydrogen) atoms. The quantitative estimate of drug-likeness (QED) is 0.924. The summed E-state index contributed by atoms with van der Waals surface area (Å²) in [6.07, 6.45) is 0. The van der Waals surface area contributed by atoms with Crippen LogP contribution >= 0.6 is 0 Å². The molecule has 0 aliphatic carbocycles. The van der Waals surface area contributed by atoms with E-state index in [9.17, 15) is 10.0 Å². The predicted octanol–water partition coefficient (Wildman–Crippen LogP) is 2.59. The molecule has 2 aromatic carbocycles. The van der Waals surface area contributed by atoms with Gasteiger partial charge in [0.05, 0.1) is 13.2 Å². The molecule has 0 spiro atoms. The number of morpholine rings is 1. The molecule has 7 heteroatoms. The van der Waals surface area contributed by atoms with Crippen molar-refractivity contribution in [3.63, 3.8) is 0 Å². The summed E-state index contributed by atoms with van der Waals surface area (Å²) in [5.74, 6) is 1.29. The van der Waals surface area contributed by atoms with Crippen LogP contribution < -0.4 is 9.96 Å². The Balaban J connectivity index is 1.45. The summed E-state index contributed by atoms with van der Waals surface area (Å²) in [4.78, 5) is 19.2. The van der Waals surface area contributed by atoms with Crippen LogP contribution in [0.15, 0.2) is 42.5 Å². The first-order valence-electron chi connectivity index (χ1n) is 8.10. The number of rotatable bonds is 3. The van der Waals surface area contributed by atoms with Gasteiger partial charge in [0.2, 0.25) is 0 Å². The molecule has 2 aliphatic heterocycles. The normalized spacial score (nSPS) is 16.7. The van der Waals surface area contributed by atoms with E-state index in [1.54, 1.807) is 41.3 Å². The average molecular weight is 342 g/mol. The Bertz CT molecular complexity index is 772. The third-order valence-electron chi connectivity index (χ3n) is 4.23. The van der Waals surface area contributed by atoms with E-state index in [4.69, 9.17) is 14.3 Å². The Morgan fingerprint density at radius 1 is 1.04 bits per heavy atom. The van der Waals surface area contributed by atoms with Crippen LogP contribution in [-0.2, 0) is 16.2 Å². The number of amides is 1. The zero-order chi connectivity index (χ0) is 17.2. The van der Waals surface area contributed by atoms with Gasteiger partial charge in [0.1, 0.15) is 23.8 Å². The lowest BCUT2D eigenvalue weighted by Crippen LogP contribution is -2.40. The maximum absolute atomic E-state index is 12.4. The number of hydrogen-bond acceptors (Lipinski definition) is 6. The Kier molecular flexibility index (Phi) is 4.27. The molecule has 0 atom stereocenters. The van der Waals surface area contributed by atoms with Crippen LogP contribution in [-0.4, -0.2) is 42.3 Å². The minimum Gasteiger partial charge on any atom is -0.457 e. The second kappa shape index (κ2) is 6.72. The molecule has 0 unspecified atom stereocenters. The van der Waals surface area contributed by atoms with E-state index in [2.05, 4.69) is 0 Å². The van der Waals surface area contributed by atoms with Gasteiger partial charge in [-0.15, -0.1) is 5.23 Å². The number of carbonyl (C=O) groups excluding carboxylic acids is 1. The van der Waals surface area contributed by atoms with Crippen molar-refractivity contribution in [1.82, 2.24) is 4.90 Å². The Hall–Kier alpha value is -2.61. The van der Waals surface area contributed by atoms with Gasteiger partial charge in [-0.2, -0.15) is 0 Å². The van der Waals surface area contributed by atoms with E-state index >= 15 is 0 Å². The Morgan fingerprint density at radius 3 is 2.52 bits per heavy atom. The molecular weight excluding hydrogens is 324 g/mol. The van der Waals surface area contributed by atoms with Crippen molar-refractivity contribution < 1.29 is 24.3 Å². The van der Waals surface area contributed by atoms with Crippen LogP contribution in [0.2, 0.25) is 0 Å². The molecule has 0 saturated carbocycles. The monoisotopic (exact) mass is 342 g/mol. The highest BCUT2D eigenvalue weighted by Crippen LogP contribution is 2.32. The molecule has 1 saturated heterocycles. The molecule has 130 valence electrons. The number of ether oxygens (including phenoxy) is 2. The third-order valence-corrected chi connectivity index (χ3v) is 4.23. The summed E-state index contributed by atoms with van der Waals surface area (Å²) in [6, 6.07) is 12.4. The van der Waals surface area contributed by atoms with Crippen LogP contribution in [0, 0.1) is 0 Å². The molecule has 4 rings (SSSR count). The smallest absolute Gasteiger partial charge is 0.254 e. The van der Waals surface area contributed by atoms with Gasteiger partial charge in [-0.05, 0) is 42.5 Å². The van der Waals surface area contributed by atoms with E-state index in [1.807, 2.05) is 6.07 Å². The largest absolute Gasteiger partial charge is 0.457 e. The number of nitrogens with zero attached hydrogens (tertiary/aromatic N) is 2. The van der Waals surface area contributed by atoms with E-state index < -0.39 is 0 Å². The van der Waals surface area contributed by atoms with Crippen molar-refractivity contribution >= 4 is 11.6 Å². The van der Waals surface area contributed by atoms with Gasteiger partial charge >= 0.3 is 0 Å². The van der Waals surface area contributed by atoms with Crippen LogP contribution in [0.4, 0.5) is 5.69 Å². The highest BCUT2D eigenvalue weighted by atomic mass is 16.9. The molecule has 1 N–H and O–H groups in total. The van der Waals surface area contributed by atoms with Crippen LogP contribution in [0.3, 0.4) is 0 Å². The first-order valence-corrected chi connectivity index (χ1v) is 8.10. The Labute approximate surface area is 144 Å². The zero-order valence-electron chi connectivity index (χ0n) is 13.6. The summed E-state index contributed by atoms with van der Waals surface area (Å²) in [5.41, 5.74) is 2.09. The van der Waals surface area contributed by atoms with Gasteiger partial charge in [0, 0.05) is 24.2 Å². The molecule has 0 aromatic heterocycles. The summed E-state index contributed by atoms with van der Waals surface area (Å²) < 4.78 is 11.1. The van der Waals surface area contributed by atoms with Crippen molar-refractivity contribution in [2.24, 2.45) is 0 Å². The lowest BCUT2D eigenvalue weighted by molar-refractivity contribution is -0.0329. The van der Waals surface area contributed by atoms with Crippen molar-refractivity contribution in [2.45, 2.75) is 6.61 Å². The fourth-order valence-electron chi connectivity index (χ4n) is 2.88. The fraction of sp³-hybridized carbons (Fsp3) is 0.278. The van der Waals surface area contributed by atoms with Gasteiger partial charge < -0.3 is 14.4 Å². The summed E-state index contributed by atoms with van der Waals surface area (Å²) >= 11 is 0. The van der Waals surface area contributed by atoms with E-state index in [1.165, 1.54) is 0 Å². The second-order valence-electron chi connectivity index (χ2n) is 5.87. The molecule has 0 radical (unpaired) electrons. The molecule has 0 bridgehead atoms. The number of carbonyl (C=O) groups is 1. The maximum atomic E-state index is 12.4. The minimum absolute atomic E-state index is 0.00701. The second-order valence-corrected chi connectivity index (χ2v) is 5.87. The molecular formula is C18H18N2O5. The topological polar surface area (TPSA) is 71.5 Å². The SMILES string of the molecule is O=C(c1ccc(Oc2ccc3c(c2)CON3O)cc1)N1CCOCC1. The summed E-state index contributed by atoms with van der Waals surface area (Å²) in [7, 11) is 0. The van der Waals surface area contributed by atoms with Crippen LogP contribution in [0.25, 0.3) is 0 Å². The first-order chi connectivity index (χ1) is 12.2. The molecule has 2 heterocycles. The van der Waals surface area contributed by atoms with Crippen molar-refractivity contribution in [2.75, 3.05) is 31.5 Å². The van der Waals surface area contributed by atoms with E-state index in [-0.39, 0.29) is 5.91 Å². The molecule has 1 fully saturated rings. The summed E-state index contributed by atoms with van der Waals surface area (Å²) in [5, 5.41) is 10.2. The Morgan fingerprint density at radius 2 is 1.76 bits per heavy atom. The lowest BCUT2D eigenvalue weighted by Gasteiger charge is -2.26. The zero-order valence-corrected chi connectivity index (χ0v) is 13.6. The molecule has 1 amide bonds. The van der Waals surface area contributed by atoms with E-state index in [0.29, 0.717) is 55.7 Å². The van der Waals surface area contributed by atoms with Gasteiger partial charge in [-0.3, -0.25) is 10.0 Å². The highest BCUT2D eigenvalue weighted by Gasteiger charge is 2.20. The third kappa shape index (κ3) is 3.30. The molecule has 2 aromatic rings. The van der Waals surface area contributed by atoms with Gasteiger partial charge in [-0.1, -0.05) is 0 Å². The standard InChI is InChI=1S/C18H18N2O5/c21-18(19-7-9-23-10-8-19)13-1-3-15(4-2-13)25-16-5-6-17-14(11-16)12-24-20(17)22/h1-6,11,22H,7-10,12H2. The summed E-state index contributed by atoms with van der Waals surface area (Å²) in [6.45, 7) is 2.71. The average Bonchev–Trinajstić information content (AvgIpc) is 3.03. The van der Waals surface area contributed by atoms with E-state index in [0.717, 1.165) is 10.8 Å². The molecule has 2 aliphatic rings. The lowest BCUT2D eigenvalue weighted by atomic mass is 10.1. The maximum Gasteiger partial charge on any atom is 0.254 e. The van der Waals surface area contributed by atoms with Gasteiger partial charge in [0.25, 0.3) is 5.91 Å². The molecule has 7 nitrogen and oxygen atoms in total. The number of hydrogen-bond donors (Lipinski definition) is 1.